The number of carbonyl (C=O) groups is 1. The van der Waals surface area contributed by atoms with Crippen molar-refractivity contribution in [2.45, 2.75) is 28.2 Å². The summed E-state index contributed by atoms with van der Waals surface area (Å²) in [5, 5.41) is 15.2. The second-order valence-corrected chi connectivity index (χ2v) is 9.49. The van der Waals surface area contributed by atoms with Gasteiger partial charge in [-0.2, -0.15) is 0 Å². The molecule has 2 aromatic rings. The summed E-state index contributed by atoms with van der Waals surface area (Å²) in [5.41, 5.74) is -1.44. The number of nitro groups is 1. The van der Waals surface area contributed by atoms with Gasteiger partial charge in [0.15, 0.2) is 0 Å². The van der Waals surface area contributed by atoms with Crippen molar-refractivity contribution in [3.63, 3.8) is 0 Å². The second-order valence-electron chi connectivity index (χ2n) is 6.97. The van der Waals surface area contributed by atoms with Crippen molar-refractivity contribution in [3.05, 3.63) is 74.0 Å². The Kier molecular flexibility index (Phi) is 3.16. The van der Waals surface area contributed by atoms with E-state index in [0.717, 1.165) is 11.8 Å². The number of carbonyl (C=O) groups excluding carboxylic acids is 1. The van der Waals surface area contributed by atoms with Crippen molar-refractivity contribution < 1.29 is 18.8 Å². The molecule has 1 N–H and O–H groups in total. The standard InChI is InChI=1S/C18H12BrFN2O4S/c1-16-14-9-5-2-3-8-12(9)26-18(14,22(24)25)17(27-16,21-15(16)23)10-6-4-7-11(19)13(10)20/h2-8,14H,1H3,(H,21,23)/t14-,16+,17-,18-/m1/s1. The van der Waals surface area contributed by atoms with Gasteiger partial charge in [0, 0.05) is 11.1 Å². The third-order valence-corrected chi connectivity index (χ3v) is 8.03. The van der Waals surface area contributed by atoms with Crippen LogP contribution in [0.4, 0.5) is 4.39 Å². The lowest BCUT2D eigenvalue weighted by Gasteiger charge is -2.39. The Morgan fingerprint density at radius 2 is 2.04 bits per heavy atom. The van der Waals surface area contributed by atoms with Gasteiger partial charge < -0.3 is 10.1 Å². The Morgan fingerprint density at radius 1 is 1.30 bits per heavy atom. The molecule has 0 radical (unpaired) electrons. The number of piperidine rings is 1. The smallest absolute Gasteiger partial charge is 0.408 e. The Labute approximate surface area is 165 Å². The summed E-state index contributed by atoms with van der Waals surface area (Å²) in [7, 11) is 0. The van der Waals surface area contributed by atoms with Crippen LogP contribution in [-0.4, -0.2) is 21.3 Å². The average molecular weight is 451 g/mol. The predicted octanol–water partition coefficient (Wildman–Crippen LogP) is 3.53. The van der Waals surface area contributed by atoms with Gasteiger partial charge in [-0.25, -0.2) is 4.39 Å². The fourth-order valence-corrected chi connectivity index (χ4v) is 6.93. The van der Waals surface area contributed by atoms with E-state index in [1.54, 1.807) is 37.3 Å². The number of nitrogens with zero attached hydrogens (tertiary/aromatic N) is 1. The number of rotatable bonds is 2. The summed E-state index contributed by atoms with van der Waals surface area (Å²) in [4.78, 5) is 23.2. The van der Waals surface area contributed by atoms with Crippen LogP contribution in [0.2, 0.25) is 0 Å². The maximum atomic E-state index is 15.1. The molecule has 2 bridgehead atoms. The number of nitrogens with one attached hydrogen (secondary N) is 1. The summed E-state index contributed by atoms with van der Waals surface area (Å²) in [5.74, 6) is -1.53. The highest BCUT2D eigenvalue weighted by atomic mass is 79.9. The number of hydrogen-bond acceptors (Lipinski definition) is 5. The van der Waals surface area contributed by atoms with Crippen LogP contribution in [0.5, 0.6) is 5.75 Å². The van der Waals surface area contributed by atoms with Crippen molar-refractivity contribution in [1.82, 2.24) is 5.32 Å². The normalized spacial score (nSPS) is 35.4. The van der Waals surface area contributed by atoms with E-state index in [2.05, 4.69) is 21.2 Å². The molecule has 3 aliphatic rings. The molecule has 0 unspecified atom stereocenters. The van der Waals surface area contributed by atoms with Crippen molar-refractivity contribution in [2.75, 3.05) is 0 Å². The molecular weight excluding hydrogens is 439 g/mol. The fraction of sp³-hybridized carbons (Fsp3) is 0.278. The van der Waals surface area contributed by atoms with Crippen LogP contribution in [-0.2, 0) is 9.67 Å². The van der Waals surface area contributed by atoms with Gasteiger partial charge >= 0.3 is 5.72 Å². The number of hydrogen-bond donors (Lipinski definition) is 1. The lowest BCUT2D eigenvalue weighted by Crippen LogP contribution is -2.69. The first-order chi connectivity index (χ1) is 12.8. The van der Waals surface area contributed by atoms with Gasteiger partial charge in [-0.15, -0.1) is 0 Å². The zero-order valence-corrected chi connectivity index (χ0v) is 16.3. The number of ether oxygens (including phenoxy) is 1. The first kappa shape index (κ1) is 17.0. The van der Waals surface area contributed by atoms with Crippen LogP contribution in [0.15, 0.2) is 46.9 Å². The molecule has 0 aromatic heterocycles. The molecule has 3 aliphatic heterocycles. The molecule has 6 nitrogen and oxygen atoms in total. The molecule has 138 valence electrons. The van der Waals surface area contributed by atoms with E-state index in [-0.39, 0.29) is 15.9 Å². The maximum absolute atomic E-state index is 15.1. The first-order valence-electron chi connectivity index (χ1n) is 8.17. The topological polar surface area (TPSA) is 81.5 Å². The molecule has 4 atom stereocenters. The third-order valence-electron chi connectivity index (χ3n) is 5.65. The molecule has 3 heterocycles. The van der Waals surface area contributed by atoms with Crippen molar-refractivity contribution in [2.24, 2.45) is 0 Å². The minimum Gasteiger partial charge on any atom is -0.424 e. The quantitative estimate of drug-likeness (QED) is 0.558. The van der Waals surface area contributed by atoms with E-state index < -0.39 is 32.0 Å². The van der Waals surface area contributed by atoms with Crippen molar-refractivity contribution in [3.8, 4) is 5.75 Å². The Morgan fingerprint density at radius 3 is 2.78 bits per heavy atom. The van der Waals surface area contributed by atoms with Gasteiger partial charge in [-0.1, -0.05) is 42.1 Å². The molecule has 2 aromatic carbocycles. The van der Waals surface area contributed by atoms with E-state index in [0.29, 0.717) is 11.3 Å². The van der Waals surface area contributed by atoms with E-state index in [4.69, 9.17) is 4.74 Å². The summed E-state index contributed by atoms with van der Waals surface area (Å²) < 4.78 is 20.0. The molecule has 1 amide bonds. The molecule has 0 saturated carbocycles. The van der Waals surface area contributed by atoms with Gasteiger partial charge in [-0.05, 0) is 35.0 Å². The second kappa shape index (κ2) is 5.02. The van der Waals surface area contributed by atoms with Crippen LogP contribution >= 0.6 is 27.7 Å². The Hall–Kier alpha value is -2.13. The number of amides is 1. The number of fused-ring (bicyclic) bond motifs is 7. The molecule has 9 heteroatoms. The number of thioether (sulfide) groups is 1. The van der Waals surface area contributed by atoms with Gasteiger partial charge in [0.05, 0.1) is 9.40 Å². The van der Waals surface area contributed by atoms with Gasteiger partial charge in [-0.3, -0.25) is 14.9 Å². The fourth-order valence-electron chi connectivity index (χ4n) is 4.58. The first-order valence-corrected chi connectivity index (χ1v) is 9.78. The molecule has 0 aliphatic carbocycles. The lowest BCUT2D eigenvalue weighted by atomic mass is 9.72. The summed E-state index contributed by atoms with van der Waals surface area (Å²) in [6.45, 7) is 1.66. The van der Waals surface area contributed by atoms with Crippen LogP contribution in [0, 0.1) is 15.9 Å². The Bertz CT molecular complexity index is 1050. The minimum absolute atomic E-state index is 0.0194. The number of benzene rings is 2. The third kappa shape index (κ3) is 1.70. The highest BCUT2D eigenvalue weighted by molar-refractivity contribution is 9.10. The highest BCUT2D eigenvalue weighted by Gasteiger charge is 2.89. The van der Waals surface area contributed by atoms with Crippen molar-refractivity contribution >= 4 is 33.6 Å². The van der Waals surface area contributed by atoms with Crippen LogP contribution in [0.3, 0.4) is 0 Å². The molecular formula is C18H12BrFN2O4S. The van der Waals surface area contributed by atoms with E-state index in [1.165, 1.54) is 12.1 Å². The number of para-hydroxylation sites is 1. The SMILES string of the molecule is C[C@@]12S[C@@](c3cccc(Br)c3F)(NC1=O)[C@]1([N+](=O)[O-])Oc3ccccc3[C@H]21. The maximum Gasteiger partial charge on any atom is 0.408 e. The molecule has 5 rings (SSSR count). The number of halogens is 2. The van der Waals surface area contributed by atoms with Crippen molar-refractivity contribution in [1.29, 1.82) is 0 Å². The summed E-state index contributed by atoms with van der Waals surface area (Å²) in [6, 6.07) is 11.4. The van der Waals surface area contributed by atoms with Gasteiger partial charge in [0.2, 0.25) is 10.8 Å². The zero-order valence-electron chi connectivity index (χ0n) is 13.9. The van der Waals surface area contributed by atoms with Crippen LogP contribution in [0.25, 0.3) is 0 Å². The molecule has 0 spiro atoms. The predicted molar refractivity (Wildman–Crippen MR) is 99.5 cm³/mol. The summed E-state index contributed by atoms with van der Waals surface area (Å²) in [6.07, 6.45) is 0. The van der Waals surface area contributed by atoms with Gasteiger partial charge in [0.1, 0.15) is 22.2 Å². The Balaban J connectivity index is 1.87. The zero-order chi connectivity index (χ0) is 19.2. The summed E-state index contributed by atoms with van der Waals surface area (Å²) >= 11 is 4.20. The average Bonchev–Trinajstić information content (AvgIpc) is 3.19. The van der Waals surface area contributed by atoms with E-state index >= 15 is 4.39 Å². The minimum atomic E-state index is -2.05. The molecule has 2 fully saturated rings. The van der Waals surface area contributed by atoms with Crippen LogP contribution in [0.1, 0.15) is 24.0 Å². The lowest BCUT2D eigenvalue weighted by molar-refractivity contribution is -0.627. The largest absolute Gasteiger partial charge is 0.424 e. The molecule has 27 heavy (non-hydrogen) atoms. The highest BCUT2D eigenvalue weighted by Crippen LogP contribution is 2.74. The van der Waals surface area contributed by atoms with Crippen LogP contribution < -0.4 is 10.1 Å². The van der Waals surface area contributed by atoms with Gasteiger partial charge in [0.25, 0.3) is 0 Å². The van der Waals surface area contributed by atoms with E-state index in [1.807, 2.05) is 0 Å². The van der Waals surface area contributed by atoms with E-state index in [9.17, 15) is 14.9 Å². The monoisotopic (exact) mass is 450 g/mol. The molecule has 2 saturated heterocycles.